The summed E-state index contributed by atoms with van der Waals surface area (Å²) in [7, 11) is 0. The first kappa shape index (κ1) is 15.8. The van der Waals surface area contributed by atoms with E-state index in [0.29, 0.717) is 6.04 Å². The number of rotatable bonds is 3. The minimum atomic E-state index is 0. The summed E-state index contributed by atoms with van der Waals surface area (Å²) in [6.45, 7) is 6.84. The first-order chi connectivity index (χ1) is 8.31. The number of benzene rings is 1. The zero-order valence-electron chi connectivity index (χ0n) is 10.9. The highest BCUT2D eigenvalue weighted by Gasteiger charge is 2.19. The molecule has 2 nitrogen and oxygen atoms in total. The van der Waals surface area contributed by atoms with Crippen LogP contribution in [0.5, 0.6) is 0 Å². The van der Waals surface area contributed by atoms with E-state index in [4.69, 9.17) is 11.6 Å². The maximum Gasteiger partial charge on any atom is 0.0406 e. The van der Waals surface area contributed by atoms with Crippen LogP contribution in [0.2, 0.25) is 5.02 Å². The van der Waals surface area contributed by atoms with Gasteiger partial charge in [0.25, 0.3) is 0 Å². The average Bonchev–Trinajstić information content (AvgIpc) is 2.62. The van der Waals surface area contributed by atoms with Crippen LogP contribution >= 0.6 is 24.0 Å². The topological polar surface area (TPSA) is 15.3 Å². The van der Waals surface area contributed by atoms with E-state index in [2.05, 4.69) is 29.3 Å². The Morgan fingerprint density at radius 1 is 1.22 bits per heavy atom. The third-order valence-electron chi connectivity index (χ3n) is 3.46. The van der Waals surface area contributed by atoms with Crippen LogP contribution in [-0.4, -0.2) is 31.1 Å². The molecule has 1 fully saturated rings. The van der Waals surface area contributed by atoms with Gasteiger partial charge in [0.2, 0.25) is 0 Å². The lowest BCUT2D eigenvalue weighted by Gasteiger charge is -2.30. The predicted molar refractivity (Wildman–Crippen MR) is 80.8 cm³/mol. The van der Waals surface area contributed by atoms with E-state index in [9.17, 15) is 0 Å². The molecule has 1 aliphatic rings. The van der Waals surface area contributed by atoms with Crippen LogP contribution in [0.15, 0.2) is 24.3 Å². The Kier molecular flexibility index (Phi) is 7.02. The lowest BCUT2D eigenvalue weighted by atomic mass is 10.0. The first-order valence-corrected chi connectivity index (χ1v) is 6.89. The molecule has 0 bridgehead atoms. The fraction of sp³-hybridized carbons (Fsp3) is 0.571. The Morgan fingerprint density at radius 2 is 1.94 bits per heavy atom. The van der Waals surface area contributed by atoms with E-state index in [1.54, 1.807) is 0 Å². The van der Waals surface area contributed by atoms with Crippen LogP contribution < -0.4 is 5.32 Å². The molecule has 1 aromatic carbocycles. The summed E-state index contributed by atoms with van der Waals surface area (Å²) in [6.07, 6.45) is 2.39. The third kappa shape index (κ3) is 4.13. The fourth-order valence-corrected chi connectivity index (χ4v) is 2.69. The maximum absolute atomic E-state index is 5.95. The highest BCUT2D eigenvalue weighted by atomic mass is 35.5. The van der Waals surface area contributed by atoms with Gasteiger partial charge in [0, 0.05) is 30.7 Å². The Labute approximate surface area is 121 Å². The molecule has 1 aliphatic heterocycles. The Bertz CT molecular complexity index is 332. The van der Waals surface area contributed by atoms with Crippen molar-refractivity contribution in [2.75, 3.05) is 26.2 Å². The number of hydrogen-bond donors (Lipinski definition) is 1. The maximum atomic E-state index is 5.95. The Hall–Kier alpha value is -0.280. The number of nitrogens with one attached hydrogen (secondary N) is 1. The van der Waals surface area contributed by atoms with Crippen molar-refractivity contribution < 1.29 is 0 Å². The molecule has 0 amide bonds. The first-order valence-electron chi connectivity index (χ1n) is 6.51. The van der Waals surface area contributed by atoms with Crippen molar-refractivity contribution in [3.8, 4) is 0 Å². The normalized spacial score (nSPS) is 18.8. The molecular formula is C14H22Cl2N2. The van der Waals surface area contributed by atoms with Gasteiger partial charge in [-0.1, -0.05) is 30.7 Å². The second-order valence-electron chi connectivity index (χ2n) is 4.62. The highest BCUT2D eigenvalue weighted by Crippen LogP contribution is 2.25. The van der Waals surface area contributed by atoms with Crippen molar-refractivity contribution in [2.45, 2.75) is 25.8 Å². The van der Waals surface area contributed by atoms with Crippen LogP contribution in [0.25, 0.3) is 0 Å². The van der Waals surface area contributed by atoms with Gasteiger partial charge in [-0.05, 0) is 37.1 Å². The van der Waals surface area contributed by atoms with Gasteiger partial charge in [0.05, 0.1) is 0 Å². The quantitative estimate of drug-likeness (QED) is 0.916. The number of halogens is 2. The van der Waals surface area contributed by atoms with E-state index in [0.717, 1.165) is 31.1 Å². The zero-order chi connectivity index (χ0) is 12.1. The van der Waals surface area contributed by atoms with E-state index in [1.165, 1.54) is 18.5 Å². The lowest BCUT2D eigenvalue weighted by molar-refractivity contribution is 0.205. The summed E-state index contributed by atoms with van der Waals surface area (Å²) in [4.78, 5) is 2.59. The second kappa shape index (κ2) is 8.00. The monoisotopic (exact) mass is 288 g/mol. The molecular weight excluding hydrogens is 267 g/mol. The van der Waals surface area contributed by atoms with E-state index >= 15 is 0 Å². The fourth-order valence-electron chi connectivity index (χ4n) is 2.57. The van der Waals surface area contributed by atoms with Gasteiger partial charge >= 0.3 is 0 Å². The summed E-state index contributed by atoms with van der Waals surface area (Å²) in [5.41, 5.74) is 1.39. The molecule has 0 spiro atoms. The SMILES string of the molecule is CCC(c1ccc(Cl)cc1)N1CCCNCC1.Cl. The summed E-state index contributed by atoms with van der Waals surface area (Å²) >= 11 is 5.95. The molecule has 0 aromatic heterocycles. The number of hydrogen-bond acceptors (Lipinski definition) is 2. The standard InChI is InChI=1S/C14H21ClN2.ClH/c1-2-14(12-4-6-13(15)7-5-12)17-10-3-8-16-9-11-17;/h4-7,14,16H,2-3,8-11H2,1H3;1H. The van der Waals surface area contributed by atoms with Gasteiger partial charge in [-0.25, -0.2) is 0 Å². The second-order valence-corrected chi connectivity index (χ2v) is 5.05. The predicted octanol–water partition coefficient (Wildman–Crippen LogP) is 3.51. The van der Waals surface area contributed by atoms with Crippen molar-refractivity contribution in [1.29, 1.82) is 0 Å². The minimum Gasteiger partial charge on any atom is -0.315 e. The summed E-state index contributed by atoms with van der Waals surface area (Å²) in [6, 6.07) is 8.85. The van der Waals surface area contributed by atoms with E-state index in [-0.39, 0.29) is 12.4 Å². The van der Waals surface area contributed by atoms with Crippen LogP contribution in [0.4, 0.5) is 0 Å². The van der Waals surface area contributed by atoms with Crippen LogP contribution in [0.1, 0.15) is 31.4 Å². The molecule has 0 aliphatic carbocycles. The lowest BCUT2D eigenvalue weighted by Crippen LogP contribution is -2.32. The van der Waals surface area contributed by atoms with Gasteiger partial charge in [-0.2, -0.15) is 0 Å². The molecule has 1 heterocycles. The summed E-state index contributed by atoms with van der Waals surface area (Å²) < 4.78 is 0. The van der Waals surface area contributed by atoms with Crippen LogP contribution in [0.3, 0.4) is 0 Å². The molecule has 2 rings (SSSR count). The molecule has 1 aromatic rings. The summed E-state index contributed by atoms with van der Waals surface area (Å²) in [5.74, 6) is 0. The molecule has 1 unspecified atom stereocenters. The van der Waals surface area contributed by atoms with Crippen molar-refractivity contribution in [2.24, 2.45) is 0 Å². The van der Waals surface area contributed by atoms with Gasteiger partial charge in [-0.15, -0.1) is 12.4 Å². The average molecular weight is 289 g/mol. The van der Waals surface area contributed by atoms with Gasteiger partial charge in [0.1, 0.15) is 0 Å². The highest BCUT2D eigenvalue weighted by molar-refractivity contribution is 6.30. The molecule has 1 N–H and O–H groups in total. The molecule has 1 saturated heterocycles. The van der Waals surface area contributed by atoms with Gasteiger partial charge < -0.3 is 5.32 Å². The smallest absolute Gasteiger partial charge is 0.0406 e. The number of nitrogens with zero attached hydrogens (tertiary/aromatic N) is 1. The summed E-state index contributed by atoms with van der Waals surface area (Å²) in [5, 5.41) is 4.27. The van der Waals surface area contributed by atoms with Gasteiger partial charge in [0.15, 0.2) is 0 Å². The van der Waals surface area contributed by atoms with Crippen LogP contribution in [0, 0.1) is 0 Å². The molecule has 0 radical (unpaired) electrons. The molecule has 18 heavy (non-hydrogen) atoms. The molecule has 4 heteroatoms. The third-order valence-corrected chi connectivity index (χ3v) is 3.71. The van der Waals surface area contributed by atoms with Crippen molar-refractivity contribution >= 4 is 24.0 Å². The largest absolute Gasteiger partial charge is 0.315 e. The molecule has 102 valence electrons. The van der Waals surface area contributed by atoms with E-state index < -0.39 is 0 Å². The van der Waals surface area contributed by atoms with E-state index in [1.807, 2.05) is 12.1 Å². The van der Waals surface area contributed by atoms with Gasteiger partial charge in [-0.3, -0.25) is 4.90 Å². The minimum absolute atomic E-state index is 0. The van der Waals surface area contributed by atoms with Crippen molar-refractivity contribution in [3.05, 3.63) is 34.9 Å². The molecule has 0 saturated carbocycles. The Balaban J connectivity index is 0.00000162. The zero-order valence-corrected chi connectivity index (χ0v) is 12.4. The van der Waals surface area contributed by atoms with Crippen molar-refractivity contribution in [3.63, 3.8) is 0 Å². The Morgan fingerprint density at radius 3 is 2.61 bits per heavy atom. The molecule has 1 atom stereocenters. The van der Waals surface area contributed by atoms with Crippen molar-refractivity contribution in [1.82, 2.24) is 10.2 Å². The van der Waals surface area contributed by atoms with Crippen LogP contribution in [-0.2, 0) is 0 Å².